The summed E-state index contributed by atoms with van der Waals surface area (Å²) in [5, 5.41) is 13.5. The van der Waals surface area contributed by atoms with Crippen molar-refractivity contribution in [3.8, 4) is 17.1 Å². The number of nitrogens with one attached hydrogen (secondary N) is 1. The first-order valence-corrected chi connectivity index (χ1v) is 13.1. The van der Waals surface area contributed by atoms with Crippen LogP contribution in [0.5, 0.6) is 0 Å². The molecule has 0 fully saturated rings. The van der Waals surface area contributed by atoms with E-state index in [0.717, 1.165) is 28.9 Å². The van der Waals surface area contributed by atoms with E-state index in [1.165, 1.54) is 17.3 Å². The Kier molecular flexibility index (Phi) is 8.16. The SMILES string of the molecule is CCc1ccc(NC(=O)CSc2nnc(-c3ccc(Cl)cc3Cl)n2-c2ccccc2C(C)C)cc1. The van der Waals surface area contributed by atoms with Gasteiger partial charge in [0.15, 0.2) is 11.0 Å². The molecule has 3 aromatic carbocycles. The second-order valence-electron chi connectivity index (χ2n) is 8.37. The van der Waals surface area contributed by atoms with Crippen LogP contribution in [0.15, 0.2) is 71.9 Å². The summed E-state index contributed by atoms with van der Waals surface area (Å²) in [5.74, 6) is 0.940. The molecule has 0 unspecified atom stereocenters. The van der Waals surface area contributed by atoms with E-state index in [-0.39, 0.29) is 17.6 Å². The number of anilines is 1. The zero-order valence-corrected chi connectivity index (χ0v) is 22.1. The molecule has 1 N–H and O–H groups in total. The molecule has 0 saturated carbocycles. The number of benzene rings is 3. The number of rotatable bonds is 8. The first-order valence-electron chi connectivity index (χ1n) is 11.4. The lowest BCUT2D eigenvalue weighted by atomic mass is 10.0. The van der Waals surface area contributed by atoms with Crippen molar-refractivity contribution in [2.75, 3.05) is 11.1 Å². The maximum atomic E-state index is 12.7. The highest BCUT2D eigenvalue weighted by atomic mass is 35.5. The van der Waals surface area contributed by atoms with E-state index in [9.17, 15) is 4.79 Å². The van der Waals surface area contributed by atoms with Gasteiger partial charge in [0.25, 0.3) is 0 Å². The summed E-state index contributed by atoms with van der Waals surface area (Å²) in [7, 11) is 0. The van der Waals surface area contributed by atoms with Crippen LogP contribution in [0.25, 0.3) is 17.1 Å². The standard InChI is InChI=1S/C27H26Cl2N4OS/c1-4-18-9-12-20(13-10-18)30-25(34)16-35-27-32-31-26(22-14-11-19(28)15-23(22)29)33(27)24-8-6-5-7-21(24)17(2)3/h5-15,17H,4,16H2,1-3H3,(H,30,34). The first-order chi connectivity index (χ1) is 16.9. The quantitative estimate of drug-likeness (QED) is 0.240. The minimum atomic E-state index is -0.114. The molecule has 0 aliphatic carbocycles. The fraction of sp³-hybridized carbons (Fsp3) is 0.222. The lowest BCUT2D eigenvalue weighted by Crippen LogP contribution is -2.14. The number of para-hydroxylation sites is 1. The van der Waals surface area contributed by atoms with Gasteiger partial charge in [-0.15, -0.1) is 10.2 Å². The summed E-state index contributed by atoms with van der Waals surface area (Å²) in [5.41, 5.74) is 4.80. The van der Waals surface area contributed by atoms with Gasteiger partial charge in [0.1, 0.15) is 0 Å². The highest BCUT2D eigenvalue weighted by molar-refractivity contribution is 7.99. The van der Waals surface area contributed by atoms with Crippen LogP contribution in [0.3, 0.4) is 0 Å². The van der Waals surface area contributed by atoms with Crippen LogP contribution < -0.4 is 5.32 Å². The molecular formula is C27H26Cl2N4OS. The summed E-state index contributed by atoms with van der Waals surface area (Å²) in [4.78, 5) is 12.7. The molecule has 4 rings (SSSR count). The molecule has 0 atom stereocenters. The Morgan fingerprint density at radius 1 is 1.03 bits per heavy atom. The second-order valence-corrected chi connectivity index (χ2v) is 10.2. The van der Waals surface area contributed by atoms with E-state index in [4.69, 9.17) is 23.2 Å². The molecule has 0 saturated heterocycles. The van der Waals surface area contributed by atoms with Gasteiger partial charge >= 0.3 is 0 Å². The van der Waals surface area contributed by atoms with Crippen LogP contribution in [-0.4, -0.2) is 26.4 Å². The van der Waals surface area contributed by atoms with Gasteiger partial charge in [0.2, 0.25) is 5.91 Å². The molecule has 0 spiro atoms. The molecular weight excluding hydrogens is 499 g/mol. The van der Waals surface area contributed by atoms with Crippen molar-refractivity contribution in [2.24, 2.45) is 0 Å². The summed E-state index contributed by atoms with van der Waals surface area (Å²) >= 11 is 14.0. The average molecular weight is 526 g/mol. The minimum Gasteiger partial charge on any atom is -0.325 e. The topological polar surface area (TPSA) is 59.8 Å². The van der Waals surface area contributed by atoms with Gasteiger partial charge in [0, 0.05) is 16.3 Å². The van der Waals surface area contributed by atoms with Crippen LogP contribution in [0, 0.1) is 0 Å². The van der Waals surface area contributed by atoms with Crippen molar-refractivity contribution in [1.82, 2.24) is 14.8 Å². The summed E-state index contributed by atoms with van der Waals surface area (Å²) in [6, 6.07) is 21.3. The van der Waals surface area contributed by atoms with Crippen molar-refractivity contribution in [2.45, 2.75) is 38.3 Å². The van der Waals surface area contributed by atoms with Gasteiger partial charge in [-0.2, -0.15) is 0 Å². The third kappa shape index (κ3) is 5.89. The third-order valence-corrected chi connectivity index (χ3v) is 7.06. The molecule has 0 radical (unpaired) electrons. The van der Waals surface area contributed by atoms with Gasteiger partial charge < -0.3 is 5.32 Å². The first kappa shape index (κ1) is 25.3. The molecule has 4 aromatic rings. The average Bonchev–Trinajstić information content (AvgIpc) is 3.26. The predicted octanol–water partition coefficient (Wildman–Crippen LogP) is 7.66. The minimum absolute atomic E-state index is 0.114. The van der Waals surface area contributed by atoms with Crippen LogP contribution in [0.1, 0.15) is 37.8 Å². The number of thioether (sulfide) groups is 1. The Morgan fingerprint density at radius 3 is 2.46 bits per heavy atom. The molecule has 180 valence electrons. The Balaban J connectivity index is 1.67. The Hall–Kier alpha value is -2.80. The number of carbonyl (C=O) groups is 1. The highest BCUT2D eigenvalue weighted by Gasteiger charge is 2.21. The number of hydrogen-bond donors (Lipinski definition) is 1. The van der Waals surface area contributed by atoms with E-state index in [0.29, 0.717) is 21.0 Å². The van der Waals surface area contributed by atoms with Crippen molar-refractivity contribution >= 4 is 46.6 Å². The molecule has 1 aromatic heterocycles. The molecule has 0 aliphatic rings. The molecule has 1 heterocycles. The molecule has 5 nitrogen and oxygen atoms in total. The zero-order chi connectivity index (χ0) is 24.9. The Morgan fingerprint density at radius 2 is 1.77 bits per heavy atom. The lowest BCUT2D eigenvalue weighted by molar-refractivity contribution is -0.113. The number of aryl methyl sites for hydroxylation is 1. The van der Waals surface area contributed by atoms with E-state index >= 15 is 0 Å². The number of amides is 1. The third-order valence-electron chi connectivity index (χ3n) is 5.58. The highest BCUT2D eigenvalue weighted by Crippen LogP contribution is 2.35. The van der Waals surface area contributed by atoms with Gasteiger partial charge in [0.05, 0.1) is 16.5 Å². The van der Waals surface area contributed by atoms with Crippen molar-refractivity contribution in [1.29, 1.82) is 0 Å². The summed E-state index contributed by atoms with van der Waals surface area (Å²) in [6.07, 6.45) is 0.956. The van der Waals surface area contributed by atoms with Gasteiger partial charge in [-0.3, -0.25) is 9.36 Å². The Labute approximate surface area is 219 Å². The van der Waals surface area contributed by atoms with E-state index in [1.54, 1.807) is 12.1 Å². The van der Waals surface area contributed by atoms with E-state index in [2.05, 4.69) is 42.4 Å². The van der Waals surface area contributed by atoms with Crippen molar-refractivity contribution < 1.29 is 4.79 Å². The van der Waals surface area contributed by atoms with E-state index < -0.39 is 0 Å². The molecule has 8 heteroatoms. The monoisotopic (exact) mass is 524 g/mol. The van der Waals surface area contributed by atoms with Crippen molar-refractivity contribution in [3.05, 3.63) is 87.9 Å². The van der Waals surface area contributed by atoms with Crippen LogP contribution in [0.4, 0.5) is 5.69 Å². The van der Waals surface area contributed by atoms with Gasteiger partial charge in [-0.25, -0.2) is 0 Å². The van der Waals surface area contributed by atoms with Gasteiger partial charge in [-0.1, -0.05) is 86.1 Å². The fourth-order valence-corrected chi connectivity index (χ4v) is 4.99. The number of hydrogen-bond acceptors (Lipinski definition) is 4. The molecule has 0 bridgehead atoms. The summed E-state index contributed by atoms with van der Waals surface area (Å²) < 4.78 is 1.97. The van der Waals surface area contributed by atoms with Crippen LogP contribution >= 0.6 is 35.0 Å². The maximum Gasteiger partial charge on any atom is 0.234 e. The number of carbonyl (C=O) groups excluding carboxylic acids is 1. The van der Waals surface area contributed by atoms with Crippen LogP contribution in [-0.2, 0) is 11.2 Å². The Bertz CT molecular complexity index is 1340. The van der Waals surface area contributed by atoms with Gasteiger partial charge in [-0.05, 0) is 59.9 Å². The number of nitrogens with zero attached hydrogens (tertiary/aromatic N) is 3. The normalized spacial score (nSPS) is 11.1. The second kappa shape index (κ2) is 11.3. The fourth-order valence-electron chi connectivity index (χ4n) is 3.76. The predicted molar refractivity (Wildman–Crippen MR) is 146 cm³/mol. The smallest absolute Gasteiger partial charge is 0.234 e. The van der Waals surface area contributed by atoms with Crippen molar-refractivity contribution in [3.63, 3.8) is 0 Å². The maximum absolute atomic E-state index is 12.7. The number of aromatic nitrogens is 3. The van der Waals surface area contributed by atoms with Crippen LogP contribution in [0.2, 0.25) is 10.0 Å². The molecule has 35 heavy (non-hydrogen) atoms. The number of halogens is 2. The lowest BCUT2D eigenvalue weighted by Gasteiger charge is -2.17. The molecule has 1 amide bonds. The summed E-state index contributed by atoms with van der Waals surface area (Å²) in [6.45, 7) is 6.38. The zero-order valence-electron chi connectivity index (χ0n) is 19.8. The van der Waals surface area contributed by atoms with E-state index in [1.807, 2.05) is 53.1 Å². The molecule has 0 aliphatic heterocycles. The largest absolute Gasteiger partial charge is 0.325 e.